The molecule has 118 valence electrons. The Balaban J connectivity index is 0.000000296. The zero-order valence-electron chi connectivity index (χ0n) is 12.3. The molecule has 1 saturated heterocycles. The number of sulfone groups is 1. The highest BCUT2D eigenvalue weighted by Crippen LogP contribution is 2.07. The van der Waals surface area contributed by atoms with Crippen molar-refractivity contribution >= 4 is 33.5 Å². The summed E-state index contributed by atoms with van der Waals surface area (Å²) in [5, 5.41) is 0. The van der Waals surface area contributed by atoms with Gasteiger partial charge in [0.2, 0.25) is 11.8 Å². The normalized spacial score (nSPS) is 17.5. The lowest BCUT2D eigenvalue weighted by molar-refractivity contribution is -0.137. The van der Waals surface area contributed by atoms with Gasteiger partial charge >= 0.3 is 0 Å². The van der Waals surface area contributed by atoms with E-state index in [-0.39, 0.29) is 23.6 Å². The maximum absolute atomic E-state index is 10.5. The highest BCUT2D eigenvalue weighted by molar-refractivity contribution is 7.89. The molecule has 9 heteroatoms. The van der Waals surface area contributed by atoms with Crippen LogP contribution < -0.4 is 0 Å². The molecule has 2 rings (SSSR count). The molecule has 0 aromatic rings. The van der Waals surface area contributed by atoms with Crippen LogP contribution in [0.4, 0.5) is 0 Å². The van der Waals surface area contributed by atoms with Crippen molar-refractivity contribution in [1.82, 2.24) is 9.80 Å². The van der Waals surface area contributed by atoms with Gasteiger partial charge in [0, 0.05) is 51.6 Å². The van der Waals surface area contributed by atoms with Gasteiger partial charge in [-0.15, -0.1) is 0 Å². The number of hydrogen-bond donors (Lipinski definition) is 0. The molecule has 0 N–H and O–H groups in total. The van der Waals surface area contributed by atoms with Gasteiger partial charge < -0.3 is 0 Å². The molecule has 0 atom stereocenters. The van der Waals surface area contributed by atoms with Crippen LogP contribution in [0.5, 0.6) is 0 Å². The van der Waals surface area contributed by atoms with Crippen LogP contribution in [0.3, 0.4) is 0 Å². The molecule has 0 saturated carbocycles. The van der Waals surface area contributed by atoms with Crippen LogP contribution in [-0.4, -0.2) is 68.5 Å². The molecule has 0 aromatic carbocycles. The number of hydrogen-bond acceptors (Lipinski definition) is 6. The lowest BCUT2D eigenvalue weighted by Gasteiger charge is -2.01. The van der Waals surface area contributed by atoms with Crippen molar-refractivity contribution in [2.45, 2.75) is 12.8 Å². The number of carbonyl (C=O) groups is 4. The maximum Gasteiger partial charge on any atom is 0.253 e. The van der Waals surface area contributed by atoms with E-state index in [0.717, 1.165) is 17.4 Å². The van der Waals surface area contributed by atoms with E-state index in [1.807, 2.05) is 0 Å². The average Bonchev–Trinajstić information content (AvgIpc) is 2.79. The van der Waals surface area contributed by atoms with Crippen LogP contribution in [0.25, 0.3) is 0 Å². The lowest BCUT2D eigenvalue weighted by Crippen LogP contribution is -2.24. The van der Waals surface area contributed by atoms with Crippen LogP contribution in [-0.2, 0) is 29.0 Å². The summed E-state index contributed by atoms with van der Waals surface area (Å²) in [4.78, 5) is 44.0. The SMILES string of the molecule is CN1C(=O)C=CC1=O.CN1C(=O)CCC1=O.CS(C)(=O)=O. The molecule has 8 nitrogen and oxygen atoms in total. The Kier molecular flexibility index (Phi) is 6.93. The predicted molar refractivity (Wildman–Crippen MR) is 74.7 cm³/mol. The second-order valence-corrected chi connectivity index (χ2v) is 6.84. The number of carbonyl (C=O) groups excluding carboxylic acids is 4. The van der Waals surface area contributed by atoms with Crippen molar-refractivity contribution in [2.75, 3.05) is 26.6 Å². The Morgan fingerprint density at radius 3 is 1.19 bits per heavy atom. The smallest absolute Gasteiger partial charge is 0.253 e. The first-order valence-electron chi connectivity index (χ1n) is 5.87. The molecule has 0 aromatic heterocycles. The second kappa shape index (κ2) is 7.67. The molecule has 0 unspecified atom stereocenters. The minimum Gasteiger partial charge on any atom is -0.286 e. The molecule has 1 fully saturated rings. The van der Waals surface area contributed by atoms with Crippen molar-refractivity contribution in [2.24, 2.45) is 0 Å². The van der Waals surface area contributed by atoms with E-state index in [4.69, 9.17) is 0 Å². The highest BCUT2D eigenvalue weighted by atomic mass is 32.2. The van der Waals surface area contributed by atoms with E-state index in [9.17, 15) is 27.6 Å². The van der Waals surface area contributed by atoms with E-state index < -0.39 is 9.84 Å². The van der Waals surface area contributed by atoms with Gasteiger partial charge in [-0.2, -0.15) is 0 Å². The zero-order valence-corrected chi connectivity index (χ0v) is 13.1. The number of amides is 4. The number of likely N-dealkylation sites (tertiary alicyclic amines) is 1. The molecule has 0 bridgehead atoms. The first kappa shape index (κ1) is 19.0. The van der Waals surface area contributed by atoms with E-state index in [2.05, 4.69) is 0 Å². The molecule has 0 aliphatic carbocycles. The van der Waals surface area contributed by atoms with Crippen molar-refractivity contribution in [3.05, 3.63) is 12.2 Å². The fraction of sp³-hybridized carbons (Fsp3) is 0.500. The highest BCUT2D eigenvalue weighted by Gasteiger charge is 2.24. The summed E-state index contributed by atoms with van der Waals surface area (Å²) < 4.78 is 19.3. The molecule has 0 spiro atoms. The number of nitrogens with zero attached hydrogens (tertiary/aromatic N) is 2. The maximum atomic E-state index is 10.5. The van der Waals surface area contributed by atoms with E-state index in [1.165, 1.54) is 31.1 Å². The Labute approximate surface area is 123 Å². The molecule has 2 heterocycles. The molecule has 0 radical (unpaired) electrons. The van der Waals surface area contributed by atoms with E-state index in [0.29, 0.717) is 12.8 Å². The fourth-order valence-corrected chi connectivity index (χ4v) is 1.16. The minimum absolute atomic E-state index is 0.0602. The summed E-state index contributed by atoms with van der Waals surface area (Å²) in [5.74, 6) is -0.602. The minimum atomic E-state index is -2.67. The van der Waals surface area contributed by atoms with Gasteiger partial charge in [-0.3, -0.25) is 29.0 Å². The van der Waals surface area contributed by atoms with Crippen molar-refractivity contribution in [1.29, 1.82) is 0 Å². The third kappa shape index (κ3) is 7.98. The zero-order chi connectivity index (χ0) is 16.8. The molecule has 4 amide bonds. The summed E-state index contributed by atoms with van der Waals surface area (Å²) in [7, 11) is 0.294. The summed E-state index contributed by atoms with van der Waals surface area (Å²) in [6.45, 7) is 0. The second-order valence-electron chi connectivity index (χ2n) is 4.56. The lowest BCUT2D eigenvalue weighted by atomic mass is 10.4. The number of rotatable bonds is 0. The van der Waals surface area contributed by atoms with Gasteiger partial charge in [0.1, 0.15) is 9.84 Å². The van der Waals surface area contributed by atoms with Crippen LogP contribution in [0.15, 0.2) is 12.2 Å². The van der Waals surface area contributed by atoms with Gasteiger partial charge in [-0.25, -0.2) is 8.42 Å². The van der Waals surface area contributed by atoms with Gasteiger partial charge in [0.25, 0.3) is 11.8 Å². The van der Waals surface area contributed by atoms with Crippen molar-refractivity contribution in [3.63, 3.8) is 0 Å². The predicted octanol–water partition coefficient (Wildman–Crippen LogP) is -1.03. The fourth-order valence-electron chi connectivity index (χ4n) is 1.16. The monoisotopic (exact) mass is 318 g/mol. The summed E-state index contributed by atoms with van der Waals surface area (Å²) >= 11 is 0. The van der Waals surface area contributed by atoms with E-state index in [1.54, 1.807) is 0 Å². The summed E-state index contributed by atoms with van der Waals surface area (Å²) in [6, 6.07) is 0. The summed E-state index contributed by atoms with van der Waals surface area (Å²) in [5.41, 5.74) is 0. The van der Waals surface area contributed by atoms with Gasteiger partial charge in [0.15, 0.2) is 0 Å². The van der Waals surface area contributed by atoms with Crippen molar-refractivity contribution in [3.8, 4) is 0 Å². The third-order valence-corrected chi connectivity index (χ3v) is 2.33. The standard InChI is InChI=1S/C5H7NO2.C5H5NO2.C2H6O2S/c2*1-6-4(7)2-3-5(6)8;1-5(2,3)4/h2-3H2,1H3;2-3H,1H3;1-2H3. The van der Waals surface area contributed by atoms with Crippen LogP contribution in [0, 0.1) is 0 Å². The topological polar surface area (TPSA) is 109 Å². The Morgan fingerprint density at radius 1 is 0.810 bits per heavy atom. The number of likely N-dealkylation sites (N-methyl/N-ethyl adjacent to an activating group) is 1. The van der Waals surface area contributed by atoms with Crippen LogP contribution in [0.1, 0.15) is 12.8 Å². The van der Waals surface area contributed by atoms with Gasteiger partial charge in [-0.1, -0.05) is 0 Å². The van der Waals surface area contributed by atoms with Crippen LogP contribution >= 0.6 is 0 Å². The largest absolute Gasteiger partial charge is 0.286 e. The van der Waals surface area contributed by atoms with Crippen LogP contribution in [0.2, 0.25) is 0 Å². The van der Waals surface area contributed by atoms with Gasteiger partial charge in [-0.05, 0) is 0 Å². The number of imide groups is 2. The Morgan fingerprint density at radius 2 is 1.10 bits per heavy atom. The summed E-state index contributed by atoms with van der Waals surface area (Å²) in [6.07, 6.45) is 5.62. The average molecular weight is 318 g/mol. The quantitative estimate of drug-likeness (QED) is 0.528. The first-order valence-corrected chi connectivity index (χ1v) is 8.17. The van der Waals surface area contributed by atoms with E-state index >= 15 is 0 Å². The molecule has 2 aliphatic heterocycles. The molecular weight excluding hydrogens is 300 g/mol. The third-order valence-electron chi connectivity index (χ3n) is 2.33. The molecule has 21 heavy (non-hydrogen) atoms. The molecule has 2 aliphatic rings. The van der Waals surface area contributed by atoms with Crippen molar-refractivity contribution < 1.29 is 27.6 Å². The Bertz CT molecular complexity index is 537. The van der Waals surface area contributed by atoms with Gasteiger partial charge in [0.05, 0.1) is 0 Å². The Hall–Kier alpha value is -2.03. The molecular formula is C12H18N2O6S. The first-order chi connectivity index (χ1) is 9.43.